The lowest BCUT2D eigenvalue weighted by atomic mass is 10.0. The van der Waals surface area contributed by atoms with Crippen molar-refractivity contribution < 1.29 is 0 Å². The number of nitrogens with one attached hydrogen (secondary N) is 1. The van der Waals surface area contributed by atoms with E-state index in [0.29, 0.717) is 0 Å². The van der Waals surface area contributed by atoms with Crippen LogP contribution in [0.3, 0.4) is 0 Å². The minimum absolute atomic E-state index is 0.794. The molecule has 0 saturated carbocycles. The molecule has 1 heterocycles. The van der Waals surface area contributed by atoms with E-state index in [4.69, 9.17) is 0 Å². The van der Waals surface area contributed by atoms with Crippen LogP contribution in [0.2, 0.25) is 0 Å². The van der Waals surface area contributed by atoms with Gasteiger partial charge in [-0.15, -0.1) is 0 Å². The summed E-state index contributed by atoms with van der Waals surface area (Å²) in [4.78, 5) is 5.03. The number of unbranched alkanes of at least 4 members (excludes halogenated alkanes) is 2. The Labute approximate surface area is 101 Å². The molecule has 3 nitrogen and oxygen atoms in total. The molecule has 0 aromatic heterocycles. The second kappa shape index (κ2) is 8.04. The average molecular weight is 227 g/mol. The molecule has 0 radical (unpaired) electrons. The fraction of sp³-hybridized carbons (Fsp3) is 1.00. The highest BCUT2D eigenvalue weighted by molar-refractivity contribution is 4.77. The van der Waals surface area contributed by atoms with Crippen LogP contribution in [0.1, 0.15) is 32.1 Å². The van der Waals surface area contributed by atoms with Crippen molar-refractivity contribution in [2.75, 3.05) is 47.3 Å². The minimum atomic E-state index is 0.794. The second-order valence-corrected chi connectivity index (χ2v) is 5.20. The van der Waals surface area contributed by atoms with Crippen LogP contribution in [0.4, 0.5) is 0 Å². The van der Waals surface area contributed by atoms with Crippen LogP contribution in [0.15, 0.2) is 0 Å². The van der Waals surface area contributed by atoms with Crippen molar-refractivity contribution in [1.82, 2.24) is 15.1 Å². The number of hydrogen-bond acceptors (Lipinski definition) is 3. The molecule has 1 fully saturated rings. The van der Waals surface area contributed by atoms with E-state index in [1.54, 1.807) is 0 Å². The number of likely N-dealkylation sites (tertiary alicyclic amines) is 1. The van der Waals surface area contributed by atoms with Gasteiger partial charge in [-0.2, -0.15) is 0 Å². The number of hydrogen-bond donors (Lipinski definition) is 1. The highest BCUT2D eigenvalue weighted by atomic mass is 15.2. The van der Waals surface area contributed by atoms with Gasteiger partial charge in [0.05, 0.1) is 0 Å². The summed E-state index contributed by atoms with van der Waals surface area (Å²) in [6.07, 6.45) is 6.77. The van der Waals surface area contributed by atoms with Crippen LogP contribution in [0, 0.1) is 0 Å². The number of piperidine rings is 1. The van der Waals surface area contributed by atoms with Crippen molar-refractivity contribution in [3.8, 4) is 0 Å². The zero-order valence-electron chi connectivity index (χ0n) is 11.3. The normalized spacial score (nSPS) is 22.9. The van der Waals surface area contributed by atoms with Gasteiger partial charge in [0.1, 0.15) is 0 Å². The topological polar surface area (TPSA) is 18.5 Å². The zero-order chi connectivity index (χ0) is 11.8. The number of rotatable bonds is 7. The summed E-state index contributed by atoms with van der Waals surface area (Å²) in [5.74, 6) is 0. The molecule has 96 valence electrons. The maximum atomic E-state index is 3.20. The molecule has 0 amide bonds. The minimum Gasteiger partial charge on any atom is -0.320 e. The van der Waals surface area contributed by atoms with Crippen molar-refractivity contribution in [3.63, 3.8) is 0 Å². The van der Waals surface area contributed by atoms with Gasteiger partial charge in [-0.25, -0.2) is 0 Å². The van der Waals surface area contributed by atoms with E-state index in [9.17, 15) is 0 Å². The Balaban J connectivity index is 2.06. The summed E-state index contributed by atoms with van der Waals surface area (Å²) in [6, 6.07) is 0.794. The lowest BCUT2D eigenvalue weighted by Crippen LogP contribution is -2.45. The van der Waals surface area contributed by atoms with Crippen LogP contribution in [-0.4, -0.2) is 63.2 Å². The van der Waals surface area contributed by atoms with E-state index < -0.39 is 0 Å². The molecule has 1 aliphatic rings. The quantitative estimate of drug-likeness (QED) is 0.663. The monoisotopic (exact) mass is 227 g/mol. The van der Waals surface area contributed by atoms with Crippen LogP contribution in [0.25, 0.3) is 0 Å². The zero-order valence-corrected chi connectivity index (χ0v) is 11.3. The number of nitrogens with zero attached hydrogens (tertiary/aromatic N) is 2. The van der Waals surface area contributed by atoms with Crippen LogP contribution in [-0.2, 0) is 0 Å². The summed E-state index contributed by atoms with van der Waals surface area (Å²) in [7, 11) is 6.57. The Bertz CT molecular complexity index is 173. The van der Waals surface area contributed by atoms with Gasteiger partial charge in [0.25, 0.3) is 0 Å². The van der Waals surface area contributed by atoms with Crippen molar-refractivity contribution >= 4 is 0 Å². The van der Waals surface area contributed by atoms with Crippen molar-refractivity contribution in [1.29, 1.82) is 0 Å². The predicted octanol–water partition coefficient (Wildman–Crippen LogP) is 1.40. The van der Waals surface area contributed by atoms with Crippen LogP contribution < -0.4 is 5.32 Å². The second-order valence-electron chi connectivity index (χ2n) is 5.20. The van der Waals surface area contributed by atoms with E-state index in [2.05, 4.69) is 29.2 Å². The molecule has 0 aromatic rings. The van der Waals surface area contributed by atoms with E-state index >= 15 is 0 Å². The Hall–Kier alpha value is -0.120. The lowest BCUT2D eigenvalue weighted by Gasteiger charge is -2.35. The summed E-state index contributed by atoms with van der Waals surface area (Å²) >= 11 is 0. The number of likely N-dealkylation sites (N-methyl/N-ethyl adjacent to an activating group) is 2. The fourth-order valence-electron chi connectivity index (χ4n) is 2.52. The average Bonchev–Trinajstić information content (AvgIpc) is 2.28. The van der Waals surface area contributed by atoms with Crippen LogP contribution >= 0.6 is 0 Å². The first-order valence-electron chi connectivity index (χ1n) is 6.77. The molecule has 1 rings (SSSR count). The molecule has 0 spiro atoms. The Kier molecular flexibility index (Phi) is 7.01. The van der Waals surface area contributed by atoms with E-state index in [0.717, 1.165) is 12.6 Å². The first-order chi connectivity index (χ1) is 7.74. The molecule has 16 heavy (non-hydrogen) atoms. The maximum Gasteiger partial charge on any atom is 0.0220 e. The highest BCUT2D eigenvalue weighted by Gasteiger charge is 2.20. The molecular formula is C13H29N3. The van der Waals surface area contributed by atoms with Crippen molar-refractivity contribution in [2.45, 2.75) is 38.1 Å². The van der Waals surface area contributed by atoms with Gasteiger partial charge in [0, 0.05) is 12.6 Å². The Morgan fingerprint density at radius 3 is 2.81 bits per heavy atom. The third-order valence-electron chi connectivity index (χ3n) is 3.66. The van der Waals surface area contributed by atoms with Crippen molar-refractivity contribution in [3.05, 3.63) is 0 Å². The first-order valence-corrected chi connectivity index (χ1v) is 6.77. The molecule has 1 unspecified atom stereocenters. The van der Waals surface area contributed by atoms with E-state index in [-0.39, 0.29) is 0 Å². The molecule has 0 bridgehead atoms. The molecular weight excluding hydrogens is 198 g/mol. The SMILES string of the molecule is CNCCCCCN(C)C1CCCN(C)C1. The summed E-state index contributed by atoms with van der Waals surface area (Å²) < 4.78 is 0. The smallest absolute Gasteiger partial charge is 0.0220 e. The molecule has 1 aliphatic heterocycles. The van der Waals surface area contributed by atoms with E-state index in [1.807, 2.05) is 7.05 Å². The molecule has 0 aliphatic carbocycles. The molecule has 3 heteroatoms. The maximum absolute atomic E-state index is 3.20. The summed E-state index contributed by atoms with van der Waals surface area (Å²) in [5.41, 5.74) is 0. The van der Waals surface area contributed by atoms with Gasteiger partial charge in [0.2, 0.25) is 0 Å². The van der Waals surface area contributed by atoms with Gasteiger partial charge in [-0.05, 0) is 66.5 Å². The van der Waals surface area contributed by atoms with Gasteiger partial charge in [-0.1, -0.05) is 6.42 Å². The molecule has 0 aromatic carbocycles. The Morgan fingerprint density at radius 2 is 2.12 bits per heavy atom. The van der Waals surface area contributed by atoms with Gasteiger partial charge in [-0.3, -0.25) is 0 Å². The third-order valence-corrected chi connectivity index (χ3v) is 3.66. The van der Waals surface area contributed by atoms with Gasteiger partial charge in [0.15, 0.2) is 0 Å². The fourth-order valence-corrected chi connectivity index (χ4v) is 2.52. The summed E-state index contributed by atoms with van der Waals surface area (Å²) in [6.45, 7) is 4.97. The molecule has 1 saturated heterocycles. The van der Waals surface area contributed by atoms with Gasteiger partial charge >= 0.3 is 0 Å². The Morgan fingerprint density at radius 1 is 1.31 bits per heavy atom. The first kappa shape index (κ1) is 13.9. The predicted molar refractivity (Wildman–Crippen MR) is 70.9 cm³/mol. The highest BCUT2D eigenvalue weighted by Crippen LogP contribution is 2.13. The van der Waals surface area contributed by atoms with E-state index in [1.165, 1.54) is 51.7 Å². The van der Waals surface area contributed by atoms with Crippen LogP contribution in [0.5, 0.6) is 0 Å². The summed E-state index contributed by atoms with van der Waals surface area (Å²) in [5, 5.41) is 3.20. The standard InChI is InChI=1S/C13H29N3/c1-14-9-5-4-6-11-16(3)13-8-7-10-15(2)12-13/h13-14H,4-12H2,1-3H3. The largest absolute Gasteiger partial charge is 0.320 e. The third kappa shape index (κ3) is 5.28. The molecule has 1 N–H and O–H groups in total. The van der Waals surface area contributed by atoms with Gasteiger partial charge < -0.3 is 15.1 Å². The lowest BCUT2D eigenvalue weighted by molar-refractivity contribution is 0.133. The van der Waals surface area contributed by atoms with Crippen molar-refractivity contribution in [2.24, 2.45) is 0 Å². The molecule has 1 atom stereocenters.